The van der Waals surface area contributed by atoms with Gasteiger partial charge in [0.1, 0.15) is 11.8 Å². The van der Waals surface area contributed by atoms with Crippen molar-refractivity contribution in [1.82, 2.24) is 0 Å². The molecule has 94 valence electrons. The van der Waals surface area contributed by atoms with Crippen molar-refractivity contribution in [1.29, 1.82) is 0 Å². The maximum Gasteiger partial charge on any atom is 0.328 e. The van der Waals surface area contributed by atoms with Crippen LogP contribution in [-0.2, 0) is 9.53 Å². The lowest BCUT2D eigenvalue weighted by atomic mass is 10.2. The quantitative estimate of drug-likeness (QED) is 0.850. The van der Waals surface area contributed by atoms with E-state index < -0.39 is 0 Å². The Bertz CT molecular complexity index is 395. The highest BCUT2D eigenvalue weighted by Gasteiger charge is 2.13. The predicted octanol–water partition coefficient (Wildman–Crippen LogP) is 2.82. The monoisotopic (exact) mass is 301 g/mol. The van der Waals surface area contributed by atoms with E-state index in [2.05, 4.69) is 21.2 Å². The summed E-state index contributed by atoms with van der Waals surface area (Å²) < 4.78 is 10.9. The van der Waals surface area contributed by atoms with Crippen LogP contribution in [0.15, 0.2) is 22.7 Å². The van der Waals surface area contributed by atoms with Gasteiger partial charge < -0.3 is 14.8 Å². The van der Waals surface area contributed by atoms with Gasteiger partial charge in [0, 0.05) is 5.69 Å². The summed E-state index contributed by atoms with van der Waals surface area (Å²) in [5.74, 6) is 0.485. The van der Waals surface area contributed by atoms with Crippen LogP contribution < -0.4 is 10.1 Å². The summed E-state index contributed by atoms with van der Waals surface area (Å²) in [5, 5.41) is 3.06. The molecular weight excluding hydrogens is 286 g/mol. The first kappa shape index (κ1) is 13.8. The number of anilines is 1. The Morgan fingerprint density at radius 2 is 2.24 bits per heavy atom. The van der Waals surface area contributed by atoms with Gasteiger partial charge in [-0.3, -0.25) is 0 Å². The van der Waals surface area contributed by atoms with E-state index in [1.165, 1.54) is 0 Å². The molecule has 1 N–H and O–H groups in total. The number of rotatable bonds is 5. The van der Waals surface area contributed by atoms with Crippen molar-refractivity contribution in [2.75, 3.05) is 19.0 Å². The minimum Gasteiger partial charge on any atom is -0.496 e. The molecule has 0 aliphatic carbocycles. The zero-order valence-corrected chi connectivity index (χ0v) is 11.7. The zero-order valence-electron chi connectivity index (χ0n) is 10.1. The number of nitrogens with one attached hydrogen (secondary N) is 1. The number of benzene rings is 1. The fourth-order valence-electron chi connectivity index (χ4n) is 1.33. The van der Waals surface area contributed by atoms with Gasteiger partial charge in [0.05, 0.1) is 18.2 Å². The van der Waals surface area contributed by atoms with E-state index in [0.29, 0.717) is 6.61 Å². The molecule has 1 unspecified atom stereocenters. The normalized spacial score (nSPS) is 11.8. The fraction of sp³-hybridized carbons (Fsp3) is 0.417. The minimum absolute atomic E-state index is 0.264. The number of carbonyl (C=O) groups is 1. The molecule has 1 aromatic rings. The van der Waals surface area contributed by atoms with Gasteiger partial charge in [-0.05, 0) is 48.0 Å². The average Bonchev–Trinajstić information content (AvgIpc) is 2.29. The molecular formula is C12H16BrNO3. The molecule has 1 aromatic carbocycles. The van der Waals surface area contributed by atoms with Crippen LogP contribution >= 0.6 is 15.9 Å². The van der Waals surface area contributed by atoms with Crippen molar-refractivity contribution in [3.63, 3.8) is 0 Å². The molecule has 0 radical (unpaired) electrons. The molecule has 0 bridgehead atoms. The Morgan fingerprint density at radius 3 is 2.76 bits per heavy atom. The standard InChI is InChI=1S/C12H16BrNO3/c1-4-17-12(15)8(2)14-9-5-6-11(16-3)10(13)7-9/h5-8,14H,4H2,1-3H3. The number of carbonyl (C=O) groups excluding carboxylic acids is 1. The SMILES string of the molecule is CCOC(=O)C(C)Nc1ccc(OC)c(Br)c1. The molecule has 0 spiro atoms. The molecule has 5 heteroatoms. The van der Waals surface area contributed by atoms with Gasteiger partial charge in [-0.15, -0.1) is 0 Å². The van der Waals surface area contributed by atoms with Gasteiger partial charge >= 0.3 is 5.97 Å². The molecule has 0 amide bonds. The Balaban J connectivity index is 2.68. The third-order valence-corrected chi connectivity index (χ3v) is 2.79. The van der Waals surface area contributed by atoms with E-state index in [4.69, 9.17) is 9.47 Å². The van der Waals surface area contributed by atoms with Crippen LogP contribution in [0.1, 0.15) is 13.8 Å². The summed E-state index contributed by atoms with van der Waals surface area (Å²) in [6.45, 7) is 3.93. The van der Waals surface area contributed by atoms with Gasteiger partial charge in [-0.1, -0.05) is 0 Å². The maximum absolute atomic E-state index is 11.4. The second kappa shape index (κ2) is 6.49. The van der Waals surface area contributed by atoms with Crippen molar-refractivity contribution in [3.05, 3.63) is 22.7 Å². The predicted molar refractivity (Wildman–Crippen MR) is 70.4 cm³/mol. The van der Waals surface area contributed by atoms with E-state index in [-0.39, 0.29) is 12.0 Å². The molecule has 17 heavy (non-hydrogen) atoms. The summed E-state index contributed by atoms with van der Waals surface area (Å²) in [4.78, 5) is 11.4. The second-order valence-electron chi connectivity index (χ2n) is 3.47. The van der Waals surface area contributed by atoms with Crippen molar-refractivity contribution in [3.8, 4) is 5.75 Å². The molecule has 1 rings (SSSR count). The molecule has 0 aliphatic heterocycles. The van der Waals surface area contributed by atoms with Crippen LogP contribution in [0.25, 0.3) is 0 Å². The van der Waals surface area contributed by atoms with Crippen molar-refractivity contribution in [2.45, 2.75) is 19.9 Å². The average molecular weight is 302 g/mol. The first-order valence-corrected chi connectivity index (χ1v) is 6.14. The first-order chi connectivity index (χ1) is 8.08. The Labute approximate surface area is 109 Å². The Kier molecular flexibility index (Phi) is 5.28. The van der Waals surface area contributed by atoms with Crippen LogP contribution in [-0.4, -0.2) is 25.7 Å². The highest BCUT2D eigenvalue weighted by molar-refractivity contribution is 9.10. The number of methoxy groups -OCH3 is 1. The third kappa shape index (κ3) is 3.93. The van der Waals surface area contributed by atoms with Gasteiger partial charge in [-0.2, -0.15) is 0 Å². The van der Waals surface area contributed by atoms with Crippen molar-refractivity contribution in [2.24, 2.45) is 0 Å². The number of halogens is 1. The van der Waals surface area contributed by atoms with Gasteiger partial charge in [0.2, 0.25) is 0 Å². The molecule has 0 aromatic heterocycles. The highest BCUT2D eigenvalue weighted by Crippen LogP contribution is 2.27. The molecule has 0 fully saturated rings. The summed E-state index contributed by atoms with van der Waals surface area (Å²) in [5.41, 5.74) is 0.832. The fourth-order valence-corrected chi connectivity index (χ4v) is 1.87. The maximum atomic E-state index is 11.4. The van der Waals surface area contributed by atoms with Crippen molar-refractivity contribution >= 4 is 27.6 Å². The molecule has 0 heterocycles. The van der Waals surface area contributed by atoms with Gasteiger partial charge in [0.15, 0.2) is 0 Å². The zero-order chi connectivity index (χ0) is 12.8. The van der Waals surface area contributed by atoms with Gasteiger partial charge in [0.25, 0.3) is 0 Å². The first-order valence-electron chi connectivity index (χ1n) is 5.35. The number of esters is 1. The molecule has 0 saturated heterocycles. The Morgan fingerprint density at radius 1 is 1.53 bits per heavy atom. The highest BCUT2D eigenvalue weighted by atomic mass is 79.9. The lowest BCUT2D eigenvalue weighted by molar-refractivity contribution is -0.143. The lowest BCUT2D eigenvalue weighted by Crippen LogP contribution is -2.28. The largest absolute Gasteiger partial charge is 0.496 e. The molecule has 4 nitrogen and oxygen atoms in total. The van der Waals surface area contributed by atoms with Crippen LogP contribution in [0.4, 0.5) is 5.69 Å². The van der Waals surface area contributed by atoms with Crippen LogP contribution in [0, 0.1) is 0 Å². The molecule has 0 aliphatic rings. The number of hydrogen-bond acceptors (Lipinski definition) is 4. The molecule has 0 saturated carbocycles. The Hall–Kier alpha value is -1.23. The van der Waals surface area contributed by atoms with E-state index in [1.807, 2.05) is 18.2 Å². The lowest BCUT2D eigenvalue weighted by Gasteiger charge is -2.14. The van der Waals surface area contributed by atoms with Crippen molar-refractivity contribution < 1.29 is 14.3 Å². The number of ether oxygens (including phenoxy) is 2. The van der Waals surface area contributed by atoms with Gasteiger partial charge in [-0.25, -0.2) is 4.79 Å². The van der Waals surface area contributed by atoms with Crippen LogP contribution in [0.2, 0.25) is 0 Å². The molecule has 1 atom stereocenters. The topological polar surface area (TPSA) is 47.6 Å². The van der Waals surface area contributed by atoms with E-state index in [0.717, 1.165) is 15.9 Å². The second-order valence-corrected chi connectivity index (χ2v) is 4.32. The third-order valence-electron chi connectivity index (χ3n) is 2.18. The van der Waals surface area contributed by atoms with E-state index in [9.17, 15) is 4.79 Å². The van der Waals surface area contributed by atoms with Crippen LogP contribution in [0.3, 0.4) is 0 Å². The minimum atomic E-state index is -0.379. The van der Waals surface area contributed by atoms with E-state index >= 15 is 0 Å². The summed E-state index contributed by atoms with van der Waals surface area (Å²) in [6.07, 6.45) is 0. The number of hydrogen-bond donors (Lipinski definition) is 1. The summed E-state index contributed by atoms with van der Waals surface area (Å²) in [6, 6.07) is 5.15. The summed E-state index contributed by atoms with van der Waals surface area (Å²) in [7, 11) is 1.61. The van der Waals surface area contributed by atoms with Crippen LogP contribution in [0.5, 0.6) is 5.75 Å². The summed E-state index contributed by atoms with van der Waals surface area (Å²) >= 11 is 3.38. The smallest absolute Gasteiger partial charge is 0.328 e. The van der Waals surface area contributed by atoms with E-state index in [1.54, 1.807) is 21.0 Å².